The molecule has 2 N–H and O–H groups in total. The lowest BCUT2D eigenvalue weighted by Gasteiger charge is -2.59. The molecule has 0 aromatic carbocycles. The fraction of sp³-hybridized carbons (Fsp3) is 0.812. The zero-order valence-electron chi connectivity index (χ0n) is 11.9. The molecule has 0 spiro atoms. The van der Waals surface area contributed by atoms with Crippen LogP contribution >= 0.6 is 0 Å². The zero-order chi connectivity index (χ0) is 12.9. The molecule has 4 aliphatic carbocycles. The van der Waals surface area contributed by atoms with Crippen LogP contribution in [0.4, 0.5) is 0 Å². The summed E-state index contributed by atoms with van der Waals surface area (Å²) in [6.07, 6.45) is 12.7. The summed E-state index contributed by atoms with van der Waals surface area (Å²) in [4.78, 5) is 7.29. The summed E-state index contributed by atoms with van der Waals surface area (Å²) in [6, 6.07) is 0.643. The molecule has 4 bridgehead atoms. The van der Waals surface area contributed by atoms with Crippen LogP contribution in [-0.2, 0) is 6.54 Å². The van der Waals surface area contributed by atoms with Crippen molar-refractivity contribution in [1.82, 2.24) is 15.3 Å². The molecule has 1 aromatic heterocycles. The van der Waals surface area contributed by atoms with Crippen molar-refractivity contribution in [2.75, 3.05) is 0 Å². The van der Waals surface area contributed by atoms with Gasteiger partial charge in [-0.15, -0.1) is 0 Å². The SMILES string of the molecule is CC(NCc1cnc[nH]1)C12CC3CC(CC(C3)C1)C2. The molecule has 5 rings (SSSR count). The van der Waals surface area contributed by atoms with Crippen LogP contribution in [-0.4, -0.2) is 16.0 Å². The van der Waals surface area contributed by atoms with E-state index in [4.69, 9.17) is 0 Å². The molecule has 4 aliphatic rings. The third kappa shape index (κ3) is 2.03. The Balaban J connectivity index is 1.45. The van der Waals surface area contributed by atoms with Gasteiger partial charge >= 0.3 is 0 Å². The van der Waals surface area contributed by atoms with Gasteiger partial charge in [0.2, 0.25) is 0 Å². The van der Waals surface area contributed by atoms with Crippen LogP contribution in [0.25, 0.3) is 0 Å². The Hall–Kier alpha value is -0.830. The van der Waals surface area contributed by atoms with Gasteiger partial charge in [0.05, 0.1) is 6.33 Å². The lowest BCUT2D eigenvalue weighted by Crippen LogP contribution is -2.54. The van der Waals surface area contributed by atoms with Crippen LogP contribution in [0.2, 0.25) is 0 Å². The van der Waals surface area contributed by atoms with E-state index in [1.165, 1.54) is 44.2 Å². The highest BCUT2D eigenvalue weighted by atomic mass is 15.0. The molecule has 0 saturated heterocycles. The number of aromatic amines is 1. The Morgan fingerprint density at radius 2 is 1.89 bits per heavy atom. The molecule has 3 heteroatoms. The van der Waals surface area contributed by atoms with Crippen molar-refractivity contribution in [2.45, 2.75) is 58.0 Å². The third-order valence-corrected chi connectivity index (χ3v) is 6.16. The molecule has 1 aromatic rings. The lowest BCUT2D eigenvalue weighted by atomic mass is 9.48. The van der Waals surface area contributed by atoms with Gasteiger partial charge in [-0.1, -0.05) is 0 Å². The molecular weight excluding hydrogens is 234 g/mol. The minimum atomic E-state index is 0.606. The van der Waals surface area contributed by atoms with Gasteiger partial charge in [0, 0.05) is 24.5 Å². The van der Waals surface area contributed by atoms with Crippen molar-refractivity contribution in [3.63, 3.8) is 0 Å². The quantitative estimate of drug-likeness (QED) is 0.872. The second-order valence-corrected chi connectivity index (χ2v) is 7.46. The van der Waals surface area contributed by atoms with Crippen LogP contribution in [0.1, 0.15) is 51.1 Å². The highest BCUT2D eigenvalue weighted by Gasteiger charge is 2.52. The summed E-state index contributed by atoms with van der Waals surface area (Å²) >= 11 is 0. The van der Waals surface area contributed by atoms with E-state index in [2.05, 4.69) is 22.2 Å². The minimum absolute atomic E-state index is 0.606. The first-order chi connectivity index (χ1) is 9.23. The average Bonchev–Trinajstić information content (AvgIpc) is 2.87. The van der Waals surface area contributed by atoms with Gasteiger partial charge < -0.3 is 10.3 Å². The standard InChI is InChI=1S/C16H25N3/c1-11(18-9-15-8-17-10-19-15)16-5-12-2-13(6-16)4-14(3-12)7-16/h8,10-14,18H,2-7,9H2,1H3,(H,17,19). The molecular formula is C16H25N3. The van der Waals surface area contributed by atoms with E-state index in [1.54, 1.807) is 6.33 Å². The summed E-state index contributed by atoms with van der Waals surface area (Å²) in [5.74, 6) is 3.13. The first kappa shape index (κ1) is 12.0. The monoisotopic (exact) mass is 259 g/mol. The van der Waals surface area contributed by atoms with Gasteiger partial charge in [0.25, 0.3) is 0 Å². The van der Waals surface area contributed by atoms with Gasteiger partial charge in [-0.3, -0.25) is 0 Å². The van der Waals surface area contributed by atoms with E-state index >= 15 is 0 Å². The molecule has 0 radical (unpaired) electrons. The highest BCUT2D eigenvalue weighted by molar-refractivity contribution is 5.05. The Morgan fingerprint density at radius 3 is 2.42 bits per heavy atom. The van der Waals surface area contributed by atoms with E-state index < -0.39 is 0 Å². The van der Waals surface area contributed by atoms with Gasteiger partial charge in [-0.25, -0.2) is 4.98 Å². The van der Waals surface area contributed by atoms with Crippen LogP contribution in [0, 0.1) is 23.2 Å². The summed E-state index contributed by atoms with van der Waals surface area (Å²) < 4.78 is 0. The Morgan fingerprint density at radius 1 is 1.26 bits per heavy atom. The number of hydrogen-bond donors (Lipinski definition) is 2. The molecule has 104 valence electrons. The van der Waals surface area contributed by atoms with E-state index in [-0.39, 0.29) is 0 Å². The van der Waals surface area contributed by atoms with E-state index in [0.717, 1.165) is 24.3 Å². The van der Waals surface area contributed by atoms with Gasteiger partial charge in [0.1, 0.15) is 0 Å². The predicted molar refractivity (Wildman–Crippen MR) is 75.5 cm³/mol. The number of aromatic nitrogens is 2. The largest absolute Gasteiger partial charge is 0.347 e. The maximum absolute atomic E-state index is 4.10. The third-order valence-electron chi connectivity index (χ3n) is 6.16. The Kier molecular flexibility index (Phi) is 2.73. The number of rotatable bonds is 4. The lowest BCUT2D eigenvalue weighted by molar-refractivity contribution is -0.0707. The number of imidazole rings is 1. The minimum Gasteiger partial charge on any atom is -0.347 e. The Labute approximate surface area is 115 Å². The van der Waals surface area contributed by atoms with Crippen LogP contribution < -0.4 is 5.32 Å². The molecule has 1 atom stereocenters. The fourth-order valence-corrected chi connectivity index (χ4v) is 5.57. The van der Waals surface area contributed by atoms with Crippen molar-refractivity contribution >= 4 is 0 Å². The first-order valence-electron chi connectivity index (χ1n) is 7.94. The number of hydrogen-bond acceptors (Lipinski definition) is 2. The topological polar surface area (TPSA) is 40.7 Å². The van der Waals surface area contributed by atoms with Crippen LogP contribution in [0.3, 0.4) is 0 Å². The molecule has 1 heterocycles. The molecule has 4 fully saturated rings. The van der Waals surface area contributed by atoms with Crippen LogP contribution in [0.15, 0.2) is 12.5 Å². The van der Waals surface area contributed by atoms with Crippen molar-refractivity contribution in [2.24, 2.45) is 23.2 Å². The summed E-state index contributed by atoms with van der Waals surface area (Å²) in [5.41, 5.74) is 1.81. The average molecular weight is 259 g/mol. The number of nitrogens with one attached hydrogen (secondary N) is 2. The molecule has 4 saturated carbocycles. The van der Waals surface area contributed by atoms with Gasteiger partial charge in [-0.05, 0) is 68.6 Å². The molecule has 19 heavy (non-hydrogen) atoms. The van der Waals surface area contributed by atoms with E-state index in [9.17, 15) is 0 Å². The maximum atomic E-state index is 4.10. The van der Waals surface area contributed by atoms with Crippen molar-refractivity contribution < 1.29 is 0 Å². The second kappa shape index (κ2) is 4.34. The second-order valence-electron chi connectivity index (χ2n) is 7.46. The van der Waals surface area contributed by atoms with Crippen LogP contribution in [0.5, 0.6) is 0 Å². The zero-order valence-corrected chi connectivity index (χ0v) is 11.9. The van der Waals surface area contributed by atoms with E-state index in [0.29, 0.717) is 11.5 Å². The highest BCUT2D eigenvalue weighted by Crippen LogP contribution is 2.61. The van der Waals surface area contributed by atoms with E-state index in [1.807, 2.05) is 6.20 Å². The summed E-state index contributed by atoms with van der Waals surface area (Å²) in [6.45, 7) is 3.35. The van der Waals surface area contributed by atoms with Crippen molar-refractivity contribution in [3.05, 3.63) is 18.2 Å². The van der Waals surface area contributed by atoms with Crippen molar-refractivity contribution in [3.8, 4) is 0 Å². The first-order valence-corrected chi connectivity index (χ1v) is 7.94. The molecule has 0 amide bonds. The normalized spacial score (nSPS) is 41.6. The summed E-state index contributed by atoms with van der Waals surface area (Å²) in [5, 5.41) is 3.77. The molecule has 0 aliphatic heterocycles. The van der Waals surface area contributed by atoms with Gasteiger partial charge in [0.15, 0.2) is 0 Å². The van der Waals surface area contributed by atoms with Crippen molar-refractivity contribution in [1.29, 1.82) is 0 Å². The molecule has 1 unspecified atom stereocenters. The number of nitrogens with zero attached hydrogens (tertiary/aromatic N) is 1. The molecule has 3 nitrogen and oxygen atoms in total. The number of H-pyrrole nitrogens is 1. The maximum Gasteiger partial charge on any atom is 0.0922 e. The Bertz CT molecular complexity index is 402. The fourth-order valence-electron chi connectivity index (χ4n) is 5.57. The smallest absolute Gasteiger partial charge is 0.0922 e. The predicted octanol–water partition coefficient (Wildman–Crippen LogP) is 3.10. The van der Waals surface area contributed by atoms with Gasteiger partial charge in [-0.2, -0.15) is 0 Å². The summed E-state index contributed by atoms with van der Waals surface area (Å²) in [7, 11) is 0.